The fourth-order valence-corrected chi connectivity index (χ4v) is 1.67. The first-order chi connectivity index (χ1) is 9.85. The summed E-state index contributed by atoms with van der Waals surface area (Å²) in [5.74, 6) is 1.15. The highest BCUT2D eigenvalue weighted by atomic mass is 16.5. The van der Waals surface area contributed by atoms with Gasteiger partial charge < -0.3 is 24.1 Å². The molecule has 0 saturated carbocycles. The number of hydrogen-bond donors (Lipinski definition) is 1. The van der Waals surface area contributed by atoms with Crippen molar-refractivity contribution in [2.24, 2.45) is 5.41 Å². The summed E-state index contributed by atoms with van der Waals surface area (Å²) in [4.78, 5) is 11.0. The van der Waals surface area contributed by atoms with Crippen molar-refractivity contribution in [2.75, 3.05) is 27.9 Å². The molecule has 0 aliphatic heterocycles. The van der Waals surface area contributed by atoms with Gasteiger partial charge in [0.15, 0.2) is 11.5 Å². The van der Waals surface area contributed by atoms with Crippen LogP contribution in [0.4, 0.5) is 0 Å². The highest BCUT2D eigenvalue weighted by molar-refractivity contribution is 5.73. The van der Waals surface area contributed by atoms with Crippen LogP contribution < -0.4 is 18.9 Å². The Morgan fingerprint density at radius 3 is 2.00 bits per heavy atom. The Balaban J connectivity index is 2.83. The minimum absolute atomic E-state index is 0.276. The maximum absolute atomic E-state index is 11.0. The molecule has 0 amide bonds. The number of methoxy groups -OCH3 is 3. The topological polar surface area (TPSA) is 74.2 Å². The summed E-state index contributed by atoms with van der Waals surface area (Å²) in [5, 5.41) is 9.06. The third-order valence-corrected chi connectivity index (χ3v) is 3.21. The first kappa shape index (κ1) is 16.9. The molecule has 1 rings (SSSR count). The van der Waals surface area contributed by atoms with E-state index in [-0.39, 0.29) is 6.61 Å². The molecule has 0 heterocycles. The molecule has 0 bridgehead atoms. The first-order valence-electron chi connectivity index (χ1n) is 6.52. The van der Waals surface area contributed by atoms with Crippen LogP contribution in [-0.4, -0.2) is 39.0 Å². The van der Waals surface area contributed by atoms with E-state index in [9.17, 15) is 4.79 Å². The molecule has 1 aromatic rings. The van der Waals surface area contributed by atoms with Crippen LogP contribution in [0.5, 0.6) is 23.0 Å². The van der Waals surface area contributed by atoms with E-state index in [0.29, 0.717) is 29.4 Å². The SMILES string of the molecule is COc1cc(OCCC(C)(C)C(=O)O)cc(OC)c1OC. The maximum atomic E-state index is 11.0. The molecule has 0 aromatic heterocycles. The van der Waals surface area contributed by atoms with Crippen molar-refractivity contribution < 1.29 is 28.8 Å². The van der Waals surface area contributed by atoms with Crippen molar-refractivity contribution in [2.45, 2.75) is 20.3 Å². The number of rotatable bonds is 8. The monoisotopic (exact) mass is 298 g/mol. The zero-order chi connectivity index (χ0) is 16.0. The van der Waals surface area contributed by atoms with Gasteiger partial charge in [0.25, 0.3) is 0 Å². The van der Waals surface area contributed by atoms with Gasteiger partial charge in [0.2, 0.25) is 5.75 Å². The Morgan fingerprint density at radius 2 is 1.62 bits per heavy atom. The molecule has 1 aromatic carbocycles. The molecule has 0 saturated heterocycles. The fourth-order valence-electron chi connectivity index (χ4n) is 1.67. The van der Waals surface area contributed by atoms with Gasteiger partial charge in [0, 0.05) is 12.1 Å². The second kappa shape index (κ2) is 7.06. The van der Waals surface area contributed by atoms with Crippen molar-refractivity contribution in [1.29, 1.82) is 0 Å². The second-order valence-corrected chi connectivity index (χ2v) is 5.15. The summed E-state index contributed by atoms with van der Waals surface area (Å²) in [5.41, 5.74) is -0.833. The van der Waals surface area contributed by atoms with Crippen LogP contribution in [0.25, 0.3) is 0 Å². The van der Waals surface area contributed by atoms with Gasteiger partial charge in [-0.3, -0.25) is 4.79 Å². The van der Waals surface area contributed by atoms with Gasteiger partial charge in [-0.25, -0.2) is 0 Å². The van der Waals surface area contributed by atoms with Crippen LogP contribution >= 0.6 is 0 Å². The van der Waals surface area contributed by atoms with Crippen LogP contribution in [0.3, 0.4) is 0 Å². The molecular formula is C15H22O6. The van der Waals surface area contributed by atoms with E-state index < -0.39 is 11.4 Å². The average molecular weight is 298 g/mol. The summed E-state index contributed by atoms with van der Waals surface area (Å²) >= 11 is 0. The average Bonchev–Trinajstić information content (AvgIpc) is 2.45. The molecule has 118 valence electrons. The molecule has 0 fully saturated rings. The fraction of sp³-hybridized carbons (Fsp3) is 0.533. The lowest BCUT2D eigenvalue weighted by Crippen LogP contribution is -2.25. The van der Waals surface area contributed by atoms with Crippen molar-refractivity contribution in [1.82, 2.24) is 0 Å². The van der Waals surface area contributed by atoms with Crippen molar-refractivity contribution >= 4 is 5.97 Å². The highest BCUT2D eigenvalue weighted by Gasteiger charge is 2.27. The summed E-state index contributed by atoms with van der Waals surface area (Å²) in [7, 11) is 4.57. The van der Waals surface area contributed by atoms with E-state index in [4.69, 9.17) is 24.1 Å². The standard InChI is InChI=1S/C15H22O6/c1-15(2,14(16)17)6-7-21-10-8-11(18-3)13(20-5)12(9-10)19-4/h8-9H,6-7H2,1-5H3,(H,16,17). The van der Waals surface area contributed by atoms with Crippen molar-refractivity contribution in [3.05, 3.63) is 12.1 Å². The van der Waals surface area contributed by atoms with E-state index in [1.807, 2.05) is 0 Å². The molecule has 0 aliphatic carbocycles. The normalized spacial score (nSPS) is 10.9. The summed E-state index contributed by atoms with van der Waals surface area (Å²) in [6.07, 6.45) is 0.388. The number of carboxylic acid groups (broad SMARTS) is 1. The van der Waals surface area contributed by atoms with E-state index in [0.717, 1.165) is 0 Å². The predicted molar refractivity (Wildman–Crippen MR) is 77.6 cm³/mol. The van der Waals surface area contributed by atoms with Crippen LogP contribution in [0.15, 0.2) is 12.1 Å². The Morgan fingerprint density at radius 1 is 1.10 bits per heavy atom. The molecule has 21 heavy (non-hydrogen) atoms. The molecule has 0 aliphatic rings. The Labute approximate surface area is 124 Å². The van der Waals surface area contributed by atoms with Crippen molar-refractivity contribution in [3.63, 3.8) is 0 Å². The van der Waals surface area contributed by atoms with Crippen LogP contribution in [0, 0.1) is 5.41 Å². The van der Waals surface area contributed by atoms with Gasteiger partial charge in [-0.1, -0.05) is 0 Å². The second-order valence-electron chi connectivity index (χ2n) is 5.15. The minimum atomic E-state index is -0.851. The van der Waals surface area contributed by atoms with Crippen LogP contribution in [0.1, 0.15) is 20.3 Å². The molecule has 6 heteroatoms. The number of hydrogen-bond acceptors (Lipinski definition) is 5. The Kier molecular flexibility index (Phi) is 5.69. The first-order valence-corrected chi connectivity index (χ1v) is 6.52. The van der Waals surface area contributed by atoms with Crippen molar-refractivity contribution in [3.8, 4) is 23.0 Å². The van der Waals surface area contributed by atoms with Gasteiger partial charge in [0.05, 0.1) is 33.4 Å². The summed E-state index contributed by atoms with van der Waals surface area (Å²) in [6.45, 7) is 3.60. The summed E-state index contributed by atoms with van der Waals surface area (Å²) in [6, 6.07) is 3.35. The number of ether oxygens (including phenoxy) is 4. The lowest BCUT2D eigenvalue weighted by atomic mass is 9.90. The Hall–Kier alpha value is -2.11. The number of carbonyl (C=O) groups is 1. The largest absolute Gasteiger partial charge is 0.493 e. The third kappa shape index (κ3) is 4.18. The van der Waals surface area contributed by atoms with E-state index >= 15 is 0 Å². The maximum Gasteiger partial charge on any atom is 0.309 e. The minimum Gasteiger partial charge on any atom is -0.493 e. The molecule has 0 unspecified atom stereocenters. The van der Waals surface area contributed by atoms with Crippen LogP contribution in [0.2, 0.25) is 0 Å². The van der Waals surface area contributed by atoms with Gasteiger partial charge in [-0.05, 0) is 20.3 Å². The van der Waals surface area contributed by atoms with E-state index in [1.165, 1.54) is 21.3 Å². The highest BCUT2D eigenvalue weighted by Crippen LogP contribution is 2.40. The molecular weight excluding hydrogens is 276 g/mol. The lowest BCUT2D eigenvalue weighted by Gasteiger charge is -2.19. The smallest absolute Gasteiger partial charge is 0.309 e. The molecule has 0 atom stereocenters. The zero-order valence-electron chi connectivity index (χ0n) is 13.1. The summed E-state index contributed by atoms with van der Waals surface area (Å²) < 4.78 is 21.3. The van der Waals surface area contributed by atoms with Crippen LogP contribution in [-0.2, 0) is 4.79 Å². The molecule has 6 nitrogen and oxygen atoms in total. The van der Waals surface area contributed by atoms with Gasteiger partial charge >= 0.3 is 5.97 Å². The lowest BCUT2D eigenvalue weighted by molar-refractivity contribution is -0.147. The quantitative estimate of drug-likeness (QED) is 0.795. The van der Waals surface area contributed by atoms with E-state index in [2.05, 4.69) is 0 Å². The van der Waals surface area contributed by atoms with Gasteiger partial charge in [-0.2, -0.15) is 0 Å². The number of carboxylic acids is 1. The Bertz CT molecular complexity index is 470. The third-order valence-electron chi connectivity index (χ3n) is 3.21. The molecule has 1 N–H and O–H groups in total. The number of benzene rings is 1. The van der Waals surface area contributed by atoms with E-state index in [1.54, 1.807) is 26.0 Å². The van der Waals surface area contributed by atoms with Gasteiger partial charge in [0.1, 0.15) is 5.75 Å². The molecule has 0 radical (unpaired) electrons. The van der Waals surface area contributed by atoms with Gasteiger partial charge in [-0.15, -0.1) is 0 Å². The molecule has 0 spiro atoms. The zero-order valence-corrected chi connectivity index (χ0v) is 13.1. The number of aliphatic carboxylic acids is 1. The predicted octanol–water partition coefficient (Wildman–Crippen LogP) is 2.59.